The van der Waals surface area contributed by atoms with Crippen molar-refractivity contribution in [1.82, 2.24) is 24.4 Å². The summed E-state index contributed by atoms with van der Waals surface area (Å²) in [6.45, 7) is 0. The van der Waals surface area contributed by atoms with Crippen LogP contribution in [0.25, 0.3) is 16.9 Å². The summed E-state index contributed by atoms with van der Waals surface area (Å²) in [7, 11) is -2.82. The van der Waals surface area contributed by atoms with E-state index in [0.717, 1.165) is 16.9 Å². The van der Waals surface area contributed by atoms with Crippen molar-refractivity contribution in [3.63, 3.8) is 0 Å². The second-order valence-corrected chi connectivity index (χ2v) is 8.07. The van der Waals surface area contributed by atoms with Crippen molar-refractivity contribution in [2.24, 2.45) is 7.05 Å². The van der Waals surface area contributed by atoms with Crippen molar-refractivity contribution in [3.05, 3.63) is 54.5 Å². The molecule has 29 heavy (non-hydrogen) atoms. The zero-order chi connectivity index (χ0) is 21.0. The standard InChI is InChI=1S/C17H13F3N6O2S/c1-25-15(17(18,19)20)11(8-23-25)12-7-14-22-9-13(16(21)26(14)24-12)29(27,28)10-5-3-2-4-6-10/h2-9H,21H2,1H3. The van der Waals surface area contributed by atoms with Crippen LogP contribution >= 0.6 is 0 Å². The molecule has 0 fully saturated rings. The van der Waals surface area contributed by atoms with Crippen LogP contribution in [0, 0.1) is 0 Å². The Hall–Kier alpha value is -3.41. The molecule has 3 aromatic heterocycles. The number of sulfone groups is 1. The molecule has 0 atom stereocenters. The molecule has 0 saturated carbocycles. The predicted octanol–water partition coefficient (Wildman–Crippen LogP) is 2.56. The van der Waals surface area contributed by atoms with Gasteiger partial charge in [0.2, 0.25) is 9.84 Å². The molecule has 4 aromatic rings. The van der Waals surface area contributed by atoms with Gasteiger partial charge in [0.05, 0.1) is 28.5 Å². The lowest BCUT2D eigenvalue weighted by Gasteiger charge is -2.08. The summed E-state index contributed by atoms with van der Waals surface area (Å²) in [6, 6.07) is 8.86. The molecule has 4 rings (SSSR count). The summed E-state index contributed by atoms with van der Waals surface area (Å²) in [6.07, 6.45) is -2.56. The highest BCUT2D eigenvalue weighted by Gasteiger charge is 2.38. The third-order valence-corrected chi connectivity index (χ3v) is 6.10. The van der Waals surface area contributed by atoms with Gasteiger partial charge in [-0.05, 0) is 12.1 Å². The monoisotopic (exact) mass is 422 g/mol. The van der Waals surface area contributed by atoms with Crippen LogP contribution in [0.5, 0.6) is 0 Å². The fourth-order valence-electron chi connectivity index (χ4n) is 2.96. The van der Waals surface area contributed by atoms with E-state index in [9.17, 15) is 21.6 Å². The molecule has 0 amide bonds. The molecule has 0 spiro atoms. The van der Waals surface area contributed by atoms with Crippen LogP contribution in [0.1, 0.15) is 5.69 Å². The summed E-state index contributed by atoms with van der Waals surface area (Å²) in [4.78, 5) is 3.72. The lowest BCUT2D eigenvalue weighted by molar-refractivity contribution is -0.143. The summed E-state index contributed by atoms with van der Waals surface area (Å²) < 4.78 is 67.4. The molecule has 0 aliphatic carbocycles. The summed E-state index contributed by atoms with van der Waals surface area (Å²) in [5, 5.41) is 7.70. The van der Waals surface area contributed by atoms with Crippen molar-refractivity contribution in [3.8, 4) is 11.3 Å². The Balaban J connectivity index is 1.89. The molecule has 0 aliphatic rings. The van der Waals surface area contributed by atoms with Gasteiger partial charge in [0.25, 0.3) is 0 Å². The van der Waals surface area contributed by atoms with E-state index in [0.29, 0.717) is 4.68 Å². The Morgan fingerprint density at radius 3 is 2.45 bits per heavy atom. The zero-order valence-corrected chi connectivity index (χ0v) is 15.6. The van der Waals surface area contributed by atoms with Crippen LogP contribution < -0.4 is 5.73 Å². The van der Waals surface area contributed by atoms with E-state index in [4.69, 9.17) is 5.73 Å². The number of nitrogen functional groups attached to an aromatic ring is 1. The van der Waals surface area contributed by atoms with Gasteiger partial charge in [-0.1, -0.05) is 18.2 Å². The minimum Gasteiger partial charge on any atom is -0.382 e. The molecule has 150 valence electrons. The molecule has 0 aliphatic heterocycles. The Kier molecular flexibility index (Phi) is 4.12. The summed E-state index contributed by atoms with van der Waals surface area (Å²) in [5.74, 6) is -0.262. The van der Waals surface area contributed by atoms with Gasteiger partial charge in [-0.15, -0.1) is 0 Å². The van der Waals surface area contributed by atoms with Crippen LogP contribution in [0.4, 0.5) is 19.0 Å². The number of fused-ring (bicyclic) bond motifs is 1. The number of benzene rings is 1. The first-order valence-electron chi connectivity index (χ1n) is 8.14. The van der Waals surface area contributed by atoms with Gasteiger partial charge in [-0.3, -0.25) is 4.68 Å². The van der Waals surface area contributed by atoms with Crippen molar-refractivity contribution in [2.75, 3.05) is 5.73 Å². The van der Waals surface area contributed by atoms with E-state index in [1.165, 1.54) is 25.2 Å². The third-order valence-electron chi connectivity index (χ3n) is 4.31. The maximum absolute atomic E-state index is 13.4. The molecule has 0 saturated heterocycles. The van der Waals surface area contributed by atoms with Gasteiger partial charge >= 0.3 is 6.18 Å². The number of aromatic nitrogens is 5. The molecular weight excluding hydrogens is 409 g/mol. The Labute approximate surface area is 162 Å². The predicted molar refractivity (Wildman–Crippen MR) is 96.5 cm³/mol. The van der Waals surface area contributed by atoms with Crippen molar-refractivity contribution >= 4 is 21.3 Å². The number of anilines is 1. The first-order chi connectivity index (χ1) is 13.6. The van der Waals surface area contributed by atoms with E-state index < -0.39 is 21.7 Å². The number of nitrogens with zero attached hydrogens (tertiary/aromatic N) is 5. The molecule has 1 aromatic carbocycles. The second-order valence-electron chi connectivity index (χ2n) is 6.15. The zero-order valence-electron chi connectivity index (χ0n) is 14.8. The molecule has 8 nitrogen and oxygen atoms in total. The SMILES string of the molecule is Cn1ncc(-c2cc3ncc(S(=O)(=O)c4ccccc4)c(N)n3n2)c1C(F)(F)F. The number of hydrogen-bond acceptors (Lipinski definition) is 6. The highest BCUT2D eigenvalue weighted by molar-refractivity contribution is 7.91. The summed E-state index contributed by atoms with van der Waals surface area (Å²) in [5.41, 5.74) is 4.76. The minimum atomic E-state index is -4.66. The van der Waals surface area contributed by atoms with Crippen LogP contribution in [-0.4, -0.2) is 32.8 Å². The van der Waals surface area contributed by atoms with Crippen molar-refractivity contribution < 1.29 is 21.6 Å². The minimum absolute atomic E-state index is 0.00634. The number of halogens is 3. The van der Waals surface area contributed by atoms with Gasteiger partial charge < -0.3 is 5.73 Å². The number of rotatable bonds is 3. The number of hydrogen-bond donors (Lipinski definition) is 1. The quantitative estimate of drug-likeness (QED) is 0.544. The first-order valence-corrected chi connectivity index (χ1v) is 9.63. The fourth-order valence-corrected chi connectivity index (χ4v) is 4.28. The molecule has 0 unspecified atom stereocenters. The van der Waals surface area contributed by atoms with Gasteiger partial charge in [0.15, 0.2) is 11.3 Å². The van der Waals surface area contributed by atoms with E-state index in [1.54, 1.807) is 18.2 Å². The molecule has 0 bridgehead atoms. The molecular formula is C17H13F3N6O2S. The van der Waals surface area contributed by atoms with E-state index in [1.807, 2.05) is 0 Å². The van der Waals surface area contributed by atoms with E-state index in [2.05, 4.69) is 15.2 Å². The number of nitrogens with two attached hydrogens (primary N) is 1. The smallest absolute Gasteiger partial charge is 0.382 e. The summed E-state index contributed by atoms with van der Waals surface area (Å²) >= 11 is 0. The van der Waals surface area contributed by atoms with Gasteiger partial charge in [-0.2, -0.15) is 27.9 Å². The maximum atomic E-state index is 13.4. The van der Waals surface area contributed by atoms with Crippen molar-refractivity contribution in [2.45, 2.75) is 16.0 Å². The Morgan fingerprint density at radius 2 is 1.79 bits per heavy atom. The number of alkyl halides is 3. The molecule has 3 heterocycles. The highest BCUT2D eigenvalue weighted by Crippen LogP contribution is 2.37. The van der Waals surface area contributed by atoms with E-state index >= 15 is 0 Å². The molecule has 2 N–H and O–H groups in total. The highest BCUT2D eigenvalue weighted by atomic mass is 32.2. The van der Waals surface area contributed by atoms with Gasteiger partial charge in [-0.25, -0.2) is 13.4 Å². The fraction of sp³-hybridized carbons (Fsp3) is 0.118. The lowest BCUT2D eigenvalue weighted by atomic mass is 10.2. The number of aryl methyl sites for hydroxylation is 1. The molecule has 12 heteroatoms. The van der Waals surface area contributed by atoms with Crippen LogP contribution in [0.2, 0.25) is 0 Å². The first kappa shape index (κ1) is 18.9. The third kappa shape index (κ3) is 3.01. The molecule has 0 radical (unpaired) electrons. The Bertz CT molecular complexity index is 1330. The largest absolute Gasteiger partial charge is 0.433 e. The van der Waals surface area contributed by atoms with Gasteiger partial charge in [0, 0.05) is 13.1 Å². The van der Waals surface area contributed by atoms with Crippen LogP contribution in [0.15, 0.2) is 58.6 Å². The normalized spacial score (nSPS) is 12.6. The Morgan fingerprint density at radius 1 is 1.10 bits per heavy atom. The average molecular weight is 422 g/mol. The average Bonchev–Trinajstić information content (AvgIpc) is 3.26. The van der Waals surface area contributed by atoms with Gasteiger partial charge in [0.1, 0.15) is 10.7 Å². The van der Waals surface area contributed by atoms with Crippen molar-refractivity contribution in [1.29, 1.82) is 0 Å². The van der Waals surface area contributed by atoms with Crippen LogP contribution in [0.3, 0.4) is 0 Å². The van der Waals surface area contributed by atoms with Crippen LogP contribution in [-0.2, 0) is 23.1 Å². The topological polar surface area (TPSA) is 108 Å². The second kappa shape index (κ2) is 6.30. The van der Waals surface area contributed by atoms with E-state index in [-0.39, 0.29) is 32.5 Å². The maximum Gasteiger partial charge on any atom is 0.433 e. The lowest BCUT2D eigenvalue weighted by Crippen LogP contribution is -2.13.